The van der Waals surface area contributed by atoms with E-state index in [0.29, 0.717) is 23.1 Å². The largest absolute Gasteiger partial charge is 0.494 e. The van der Waals surface area contributed by atoms with Crippen molar-refractivity contribution in [1.82, 2.24) is 0 Å². The molecule has 6 heteroatoms. The molecule has 0 bridgehead atoms. The van der Waals surface area contributed by atoms with Crippen molar-refractivity contribution in [3.63, 3.8) is 0 Å². The standard InChI is InChI=1S/C27H26N2O4/c1-16-8-4-5-11-19(16)24-20-14-17-9-6-10-18(17)15-23(20)33-26(24)29-27(30)28-25-21(31-2)12-7-13-22(25)32-3/h4-5,7-8,11-15H,6,9-10H2,1-3H3,(H2,28,29,30). The number of fused-ring (bicyclic) bond motifs is 2. The number of ether oxygens (including phenoxy) is 2. The highest BCUT2D eigenvalue weighted by molar-refractivity contribution is 6.08. The van der Waals surface area contributed by atoms with Crippen molar-refractivity contribution in [3.8, 4) is 22.6 Å². The molecular weight excluding hydrogens is 416 g/mol. The lowest BCUT2D eigenvalue weighted by atomic mass is 9.97. The summed E-state index contributed by atoms with van der Waals surface area (Å²) >= 11 is 0. The second-order valence-electron chi connectivity index (χ2n) is 8.21. The molecule has 1 aliphatic carbocycles. The van der Waals surface area contributed by atoms with Gasteiger partial charge in [-0.05, 0) is 72.7 Å². The van der Waals surface area contributed by atoms with Gasteiger partial charge in [0.1, 0.15) is 22.8 Å². The molecule has 4 aromatic rings. The monoisotopic (exact) mass is 442 g/mol. The van der Waals surface area contributed by atoms with Crippen LogP contribution in [0.4, 0.5) is 16.4 Å². The van der Waals surface area contributed by atoms with Gasteiger partial charge < -0.3 is 19.2 Å². The first kappa shape index (κ1) is 20.9. The number of amides is 2. The van der Waals surface area contributed by atoms with Crippen LogP contribution in [0.3, 0.4) is 0 Å². The average Bonchev–Trinajstić information content (AvgIpc) is 3.41. The van der Waals surface area contributed by atoms with E-state index in [-0.39, 0.29) is 0 Å². The maximum Gasteiger partial charge on any atom is 0.326 e. The van der Waals surface area contributed by atoms with Gasteiger partial charge in [-0.3, -0.25) is 5.32 Å². The molecule has 1 aromatic heterocycles. The molecule has 0 saturated carbocycles. The first-order valence-electron chi connectivity index (χ1n) is 11.0. The predicted molar refractivity (Wildman–Crippen MR) is 131 cm³/mol. The van der Waals surface area contributed by atoms with E-state index in [1.807, 2.05) is 12.1 Å². The molecule has 5 rings (SSSR count). The first-order valence-corrected chi connectivity index (χ1v) is 11.0. The van der Waals surface area contributed by atoms with Gasteiger partial charge in [-0.25, -0.2) is 4.79 Å². The van der Waals surface area contributed by atoms with E-state index in [2.05, 4.69) is 41.8 Å². The Balaban J connectivity index is 1.57. The van der Waals surface area contributed by atoms with Crippen molar-refractivity contribution in [2.75, 3.05) is 24.9 Å². The van der Waals surface area contributed by atoms with Crippen LogP contribution < -0.4 is 20.1 Å². The third-order valence-corrected chi connectivity index (χ3v) is 6.21. The molecule has 1 aliphatic rings. The van der Waals surface area contributed by atoms with Crippen LogP contribution in [0.5, 0.6) is 11.5 Å². The number of nitrogens with one attached hydrogen (secondary N) is 2. The van der Waals surface area contributed by atoms with Gasteiger partial charge in [0.05, 0.1) is 19.8 Å². The first-order chi connectivity index (χ1) is 16.1. The number of hydrogen-bond acceptors (Lipinski definition) is 4. The number of urea groups is 1. The number of furan rings is 1. The van der Waals surface area contributed by atoms with Gasteiger partial charge in [-0.2, -0.15) is 0 Å². The number of carbonyl (C=O) groups excluding carboxylic acids is 1. The van der Waals surface area contributed by atoms with Crippen molar-refractivity contribution in [3.05, 3.63) is 71.3 Å². The van der Waals surface area contributed by atoms with E-state index in [4.69, 9.17) is 13.9 Å². The second kappa shape index (κ2) is 8.54. The molecule has 33 heavy (non-hydrogen) atoms. The number of benzene rings is 3. The van der Waals surface area contributed by atoms with Gasteiger partial charge in [0.2, 0.25) is 5.88 Å². The third kappa shape index (κ3) is 3.78. The molecule has 6 nitrogen and oxygen atoms in total. The van der Waals surface area contributed by atoms with Crippen molar-refractivity contribution < 1.29 is 18.7 Å². The molecule has 0 unspecified atom stereocenters. The fourth-order valence-corrected chi connectivity index (χ4v) is 4.60. The summed E-state index contributed by atoms with van der Waals surface area (Å²) in [7, 11) is 3.10. The highest BCUT2D eigenvalue weighted by Gasteiger charge is 2.23. The number of aryl methyl sites for hydroxylation is 3. The summed E-state index contributed by atoms with van der Waals surface area (Å²) in [4.78, 5) is 13.1. The van der Waals surface area contributed by atoms with Crippen molar-refractivity contribution >= 4 is 28.6 Å². The Morgan fingerprint density at radius 2 is 1.61 bits per heavy atom. The number of anilines is 2. The number of methoxy groups -OCH3 is 2. The molecule has 3 aromatic carbocycles. The van der Waals surface area contributed by atoms with Crippen molar-refractivity contribution in [2.24, 2.45) is 0 Å². The predicted octanol–water partition coefficient (Wildman–Crippen LogP) is 6.56. The van der Waals surface area contributed by atoms with Crippen LogP contribution in [0.2, 0.25) is 0 Å². The van der Waals surface area contributed by atoms with Crippen molar-refractivity contribution in [2.45, 2.75) is 26.2 Å². The fourth-order valence-electron chi connectivity index (χ4n) is 4.60. The fraction of sp³-hybridized carbons (Fsp3) is 0.222. The molecule has 168 valence electrons. The van der Waals surface area contributed by atoms with E-state index in [9.17, 15) is 4.79 Å². The van der Waals surface area contributed by atoms with Crippen LogP contribution in [0.25, 0.3) is 22.1 Å². The van der Waals surface area contributed by atoms with Gasteiger partial charge in [-0.15, -0.1) is 0 Å². The summed E-state index contributed by atoms with van der Waals surface area (Å²) in [5.74, 6) is 1.42. The second-order valence-corrected chi connectivity index (χ2v) is 8.21. The molecule has 0 saturated heterocycles. The van der Waals surface area contributed by atoms with Gasteiger partial charge in [0.25, 0.3) is 0 Å². The maximum absolute atomic E-state index is 13.1. The van der Waals surface area contributed by atoms with Crippen LogP contribution >= 0.6 is 0 Å². The SMILES string of the molecule is COc1cccc(OC)c1NC(=O)Nc1oc2cc3c(cc2c1-c1ccccc1C)CCC3. The Morgan fingerprint density at radius 1 is 0.909 bits per heavy atom. The Bertz CT molecular complexity index is 1330. The molecular formula is C27H26N2O4. The van der Waals surface area contributed by atoms with E-state index >= 15 is 0 Å². The molecule has 0 atom stereocenters. The summed E-state index contributed by atoms with van der Waals surface area (Å²) in [5, 5.41) is 6.79. The quantitative estimate of drug-likeness (QED) is 0.367. The number of para-hydroxylation sites is 1. The van der Waals surface area contributed by atoms with Crippen molar-refractivity contribution in [1.29, 1.82) is 0 Å². The molecule has 2 N–H and O–H groups in total. The number of rotatable bonds is 5. The van der Waals surface area contributed by atoms with Gasteiger partial charge in [-0.1, -0.05) is 30.3 Å². The van der Waals surface area contributed by atoms with Gasteiger partial charge >= 0.3 is 6.03 Å². The zero-order chi connectivity index (χ0) is 22.9. The normalized spacial score (nSPS) is 12.5. The lowest BCUT2D eigenvalue weighted by molar-refractivity contribution is 0.261. The van der Waals surface area contributed by atoms with Gasteiger partial charge in [0.15, 0.2) is 0 Å². The molecule has 0 spiro atoms. The molecule has 0 radical (unpaired) electrons. The Hall–Kier alpha value is -3.93. The molecule has 0 fully saturated rings. The maximum atomic E-state index is 13.1. The summed E-state index contributed by atoms with van der Waals surface area (Å²) in [5.41, 5.74) is 6.93. The molecule has 2 amide bonds. The number of hydrogen-bond donors (Lipinski definition) is 2. The van der Waals surface area contributed by atoms with Crippen LogP contribution in [0, 0.1) is 6.92 Å². The van der Waals surface area contributed by atoms with E-state index in [1.54, 1.807) is 32.4 Å². The highest BCUT2D eigenvalue weighted by Crippen LogP contribution is 2.42. The number of carbonyl (C=O) groups is 1. The minimum atomic E-state index is -0.445. The van der Waals surface area contributed by atoms with Crippen LogP contribution in [-0.2, 0) is 12.8 Å². The van der Waals surface area contributed by atoms with Gasteiger partial charge in [0, 0.05) is 5.39 Å². The summed E-state index contributed by atoms with van der Waals surface area (Å²) in [6, 6.07) is 17.3. The Morgan fingerprint density at radius 3 is 2.30 bits per heavy atom. The summed E-state index contributed by atoms with van der Waals surface area (Å²) < 4.78 is 17.0. The average molecular weight is 443 g/mol. The molecule has 0 aliphatic heterocycles. The Labute approximate surface area is 192 Å². The zero-order valence-electron chi connectivity index (χ0n) is 19.0. The lowest BCUT2D eigenvalue weighted by Crippen LogP contribution is -2.20. The third-order valence-electron chi connectivity index (χ3n) is 6.21. The minimum absolute atomic E-state index is 0.411. The molecule has 1 heterocycles. The zero-order valence-corrected chi connectivity index (χ0v) is 19.0. The topological polar surface area (TPSA) is 72.7 Å². The van der Waals surface area contributed by atoms with Crippen LogP contribution in [-0.4, -0.2) is 20.3 Å². The van der Waals surface area contributed by atoms with E-state index < -0.39 is 6.03 Å². The van der Waals surface area contributed by atoms with E-state index in [0.717, 1.165) is 46.9 Å². The van der Waals surface area contributed by atoms with Crippen LogP contribution in [0.1, 0.15) is 23.1 Å². The van der Waals surface area contributed by atoms with Crippen LogP contribution in [0.15, 0.2) is 59.0 Å². The lowest BCUT2D eigenvalue weighted by Gasteiger charge is -2.14. The highest BCUT2D eigenvalue weighted by atomic mass is 16.5. The summed E-state index contributed by atoms with van der Waals surface area (Å²) in [6.07, 6.45) is 3.29. The minimum Gasteiger partial charge on any atom is -0.494 e. The summed E-state index contributed by atoms with van der Waals surface area (Å²) in [6.45, 7) is 2.06. The Kier molecular flexibility index (Phi) is 5.42. The van der Waals surface area contributed by atoms with E-state index in [1.165, 1.54) is 11.1 Å². The smallest absolute Gasteiger partial charge is 0.326 e.